The first kappa shape index (κ1) is 21.0. The molecule has 0 bridgehead atoms. The van der Waals surface area contributed by atoms with Crippen LogP contribution < -0.4 is 4.90 Å². The normalized spacial score (nSPS) is 15.3. The molecule has 1 aliphatic rings. The van der Waals surface area contributed by atoms with Crippen LogP contribution in [0.3, 0.4) is 0 Å². The predicted octanol–water partition coefficient (Wildman–Crippen LogP) is 4.03. The van der Waals surface area contributed by atoms with Crippen molar-refractivity contribution in [3.8, 4) is 0 Å². The maximum absolute atomic E-state index is 13.0. The van der Waals surface area contributed by atoms with Crippen LogP contribution in [0.2, 0.25) is 0 Å². The zero-order valence-corrected chi connectivity index (χ0v) is 17.0. The number of alkyl halides is 3. The number of aromatic nitrogens is 3. The Morgan fingerprint density at radius 1 is 1.16 bits per heavy atom. The molecule has 0 atom stereocenters. The van der Waals surface area contributed by atoms with Gasteiger partial charge in [-0.1, -0.05) is 0 Å². The van der Waals surface area contributed by atoms with Crippen LogP contribution in [-0.2, 0) is 6.18 Å². The van der Waals surface area contributed by atoms with E-state index < -0.39 is 11.9 Å². The molecule has 0 radical (unpaired) electrons. The molecule has 31 heavy (non-hydrogen) atoms. The zero-order valence-electron chi connectivity index (χ0n) is 17.0. The van der Waals surface area contributed by atoms with E-state index in [-0.39, 0.29) is 11.4 Å². The third-order valence-corrected chi connectivity index (χ3v) is 5.59. The summed E-state index contributed by atoms with van der Waals surface area (Å²) in [5, 5.41) is 0.609. The average Bonchev–Trinajstić information content (AvgIpc) is 2.78. The predicted molar refractivity (Wildman–Crippen MR) is 111 cm³/mol. The number of hydrogen-bond acceptors (Lipinski definition) is 5. The Morgan fingerprint density at radius 3 is 2.61 bits per heavy atom. The van der Waals surface area contributed by atoms with Gasteiger partial charge in [0, 0.05) is 50.7 Å². The van der Waals surface area contributed by atoms with Crippen molar-refractivity contribution in [3.05, 3.63) is 60.2 Å². The summed E-state index contributed by atoms with van der Waals surface area (Å²) in [6.45, 7) is 2.07. The highest BCUT2D eigenvalue weighted by Crippen LogP contribution is 2.32. The molecule has 4 rings (SSSR count). The summed E-state index contributed by atoms with van der Waals surface area (Å²) in [5.74, 6) is 0.932. The highest BCUT2D eigenvalue weighted by Gasteiger charge is 2.33. The number of anilines is 1. The number of rotatable bonds is 4. The lowest BCUT2D eigenvalue weighted by Crippen LogP contribution is -2.39. The van der Waals surface area contributed by atoms with E-state index in [1.807, 2.05) is 0 Å². The summed E-state index contributed by atoms with van der Waals surface area (Å²) in [6.07, 6.45) is 1.93. The fourth-order valence-electron chi connectivity index (χ4n) is 3.96. The van der Waals surface area contributed by atoms with Crippen molar-refractivity contribution in [1.29, 1.82) is 0 Å². The Morgan fingerprint density at radius 2 is 1.94 bits per heavy atom. The third kappa shape index (κ3) is 4.60. The minimum absolute atomic E-state index is 0.0576. The lowest BCUT2D eigenvalue weighted by Gasteiger charge is -2.35. The van der Waals surface area contributed by atoms with Gasteiger partial charge in [-0.2, -0.15) is 13.2 Å². The topological polar surface area (TPSA) is 62.2 Å². The smallest absolute Gasteiger partial charge is 0.356 e. The van der Waals surface area contributed by atoms with Crippen LogP contribution in [0.15, 0.2) is 48.9 Å². The standard InChI is InChI=1S/C22H22F3N5O/c1-29(21(31)16-3-2-9-26-13-16)14-15-7-11-30(12-8-15)20-17-4-5-19(22(23,24)25)28-18(17)6-10-27-20/h2-6,9-10,13,15H,7-8,11-12,14H2,1H3. The van der Waals surface area contributed by atoms with Crippen LogP contribution >= 0.6 is 0 Å². The van der Waals surface area contributed by atoms with Crippen LogP contribution in [0.5, 0.6) is 0 Å². The molecule has 1 saturated heterocycles. The number of piperidine rings is 1. The largest absolute Gasteiger partial charge is 0.433 e. The van der Waals surface area contributed by atoms with Gasteiger partial charge in [0.05, 0.1) is 11.1 Å². The average molecular weight is 429 g/mol. The van der Waals surface area contributed by atoms with Gasteiger partial charge in [-0.25, -0.2) is 9.97 Å². The fraction of sp³-hybridized carbons (Fsp3) is 0.364. The molecule has 1 amide bonds. The molecule has 0 aromatic carbocycles. The fourth-order valence-corrected chi connectivity index (χ4v) is 3.96. The second-order valence-corrected chi connectivity index (χ2v) is 7.75. The van der Waals surface area contributed by atoms with E-state index in [1.165, 1.54) is 18.3 Å². The van der Waals surface area contributed by atoms with E-state index in [2.05, 4.69) is 19.9 Å². The second-order valence-electron chi connectivity index (χ2n) is 7.75. The molecular weight excluding hydrogens is 407 g/mol. The summed E-state index contributed by atoms with van der Waals surface area (Å²) >= 11 is 0. The van der Waals surface area contributed by atoms with E-state index in [0.717, 1.165) is 18.9 Å². The number of halogens is 3. The molecule has 3 aromatic rings. The lowest BCUT2D eigenvalue weighted by atomic mass is 9.96. The number of carbonyl (C=O) groups excluding carboxylic acids is 1. The Balaban J connectivity index is 1.42. The van der Waals surface area contributed by atoms with Gasteiger partial charge in [0.2, 0.25) is 0 Å². The maximum atomic E-state index is 13.0. The summed E-state index contributed by atoms with van der Waals surface area (Å²) in [4.78, 5) is 28.5. The molecule has 1 aliphatic heterocycles. The van der Waals surface area contributed by atoms with Crippen LogP contribution in [-0.4, -0.2) is 52.4 Å². The number of amides is 1. The molecule has 0 saturated carbocycles. The van der Waals surface area contributed by atoms with E-state index >= 15 is 0 Å². The van der Waals surface area contributed by atoms with Crippen LogP contribution in [0.4, 0.5) is 19.0 Å². The van der Waals surface area contributed by atoms with Gasteiger partial charge in [0.1, 0.15) is 11.5 Å². The molecule has 0 unspecified atom stereocenters. The molecule has 162 valence electrons. The number of hydrogen-bond donors (Lipinski definition) is 0. The molecule has 1 fully saturated rings. The number of nitrogens with zero attached hydrogens (tertiary/aromatic N) is 5. The van der Waals surface area contributed by atoms with Crippen molar-refractivity contribution in [2.75, 3.05) is 31.6 Å². The van der Waals surface area contributed by atoms with Crippen molar-refractivity contribution in [2.45, 2.75) is 19.0 Å². The van der Waals surface area contributed by atoms with Crippen LogP contribution in [0.1, 0.15) is 28.9 Å². The first-order valence-corrected chi connectivity index (χ1v) is 10.1. The Bertz CT molecular complexity index is 1070. The Kier molecular flexibility index (Phi) is 5.75. The van der Waals surface area contributed by atoms with Gasteiger partial charge in [-0.05, 0) is 49.1 Å². The molecule has 4 heterocycles. The summed E-state index contributed by atoms with van der Waals surface area (Å²) in [5.41, 5.74) is -0.0611. The highest BCUT2D eigenvalue weighted by atomic mass is 19.4. The monoisotopic (exact) mass is 429 g/mol. The summed E-state index contributed by atoms with van der Waals surface area (Å²) in [6, 6.07) is 7.43. The molecule has 0 aliphatic carbocycles. The van der Waals surface area contributed by atoms with E-state index in [0.29, 0.717) is 42.3 Å². The van der Waals surface area contributed by atoms with Crippen molar-refractivity contribution >= 4 is 22.6 Å². The van der Waals surface area contributed by atoms with Gasteiger partial charge in [-0.15, -0.1) is 0 Å². The summed E-state index contributed by atoms with van der Waals surface area (Å²) < 4.78 is 38.9. The number of carbonyl (C=O) groups is 1. The van der Waals surface area contributed by atoms with E-state index in [1.54, 1.807) is 36.5 Å². The molecular formula is C22H22F3N5O. The number of fused-ring (bicyclic) bond motifs is 1. The minimum atomic E-state index is -4.48. The zero-order chi connectivity index (χ0) is 22.0. The highest BCUT2D eigenvalue weighted by molar-refractivity contribution is 5.93. The van der Waals surface area contributed by atoms with E-state index in [4.69, 9.17) is 0 Å². The second kappa shape index (κ2) is 8.49. The van der Waals surface area contributed by atoms with Crippen molar-refractivity contribution < 1.29 is 18.0 Å². The minimum Gasteiger partial charge on any atom is -0.356 e. The van der Waals surface area contributed by atoms with Crippen molar-refractivity contribution in [1.82, 2.24) is 19.9 Å². The lowest BCUT2D eigenvalue weighted by molar-refractivity contribution is -0.140. The Labute approximate surface area is 177 Å². The number of pyridine rings is 3. The van der Waals surface area contributed by atoms with Gasteiger partial charge >= 0.3 is 6.18 Å². The van der Waals surface area contributed by atoms with Crippen LogP contribution in [0, 0.1) is 5.92 Å². The molecule has 6 nitrogen and oxygen atoms in total. The van der Waals surface area contributed by atoms with Crippen molar-refractivity contribution in [2.24, 2.45) is 5.92 Å². The summed E-state index contributed by atoms with van der Waals surface area (Å²) in [7, 11) is 1.79. The Hall–Kier alpha value is -3.23. The van der Waals surface area contributed by atoms with Gasteiger partial charge in [0.25, 0.3) is 5.91 Å². The van der Waals surface area contributed by atoms with E-state index in [9.17, 15) is 18.0 Å². The molecule has 9 heteroatoms. The SMILES string of the molecule is CN(CC1CCN(c2nccc3nc(C(F)(F)F)ccc23)CC1)C(=O)c1cccnc1. The quantitative estimate of drug-likeness (QED) is 0.627. The van der Waals surface area contributed by atoms with Crippen LogP contribution in [0.25, 0.3) is 10.9 Å². The third-order valence-electron chi connectivity index (χ3n) is 5.59. The van der Waals surface area contributed by atoms with Crippen molar-refractivity contribution in [3.63, 3.8) is 0 Å². The molecule has 0 N–H and O–H groups in total. The molecule has 3 aromatic heterocycles. The molecule has 0 spiro atoms. The van der Waals surface area contributed by atoms with Gasteiger partial charge in [0.15, 0.2) is 0 Å². The first-order valence-electron chi connectivity index (χ1n) is 10.1. The van der Waals surface area contributed by atoms with Gasteiger partial charge < -0.3 is 9.80 Å². The maximum Gasteiger partial charge on any atom is 0.433 e. The van der Waals surface area contributed by atoms with Gasteiger partial charge in [-0.3, -0.25) is 9.78 Å². The first-order chi connectivity index (χ1) is 14.8.